The maximum absolute atomic E-state index is 12.6. The van der Waals surface area contributed by atoms with Crippen LogP contribution >= 0.6 is 0 Å². The number of sulfonamides is 2. The Hall–Kier alpha value is -2.64. The van der Waals surface area contributed by atoms with Crippen LogP contribution in [0.15, 0.2) is 51.2 Å². The molecule has 0 saturated carbocycles. The molecule has 1 aliphatic carbocycles. The molecule has 172 valence electrons. The molecular formula is C20H24N4O6S2. The normalized spacial score (nSPS) is 14.4. The van der Waals surface area contributed by atoms with Crippen LogP contribution in [-0.2, 0) is 24.8 Å². The first-order valence-corrected chi connectivity index (χ1v) is 12.8. The Morgan fingerprint density at radius 2 is 1.41 bits per heavy atom. The highest BCUT2D eigenvalue weighted by Gasteiger charge is 2.29. The quantitative estimate of drug-likeness (QED) is 0.317. The minimum absolute atomic E-state index is 0.0294. The maximum Gasteiger partial charge on any atom is 0.240 e. The van der Waals surface area contributed by atoms with Gasteiger partial charge in [-0.3, -0.25) is 9.79 Å². The number of hydrogen-bond donors (Lipinski definition) is 4. The summed E-state index contributed by atoms with van der Waals surface area (Å²) in [5, 5.41) is 8.92. The molecule has 0 unspecified atom stereocenters. The Morgan fingerprint density at radius 1 is 0.906 bits per heavy atom. The van der Waals surface area contributed by atoms with Crippen molar-refractivity contribution in [3.63, 3.8) is 0 Å². The monoisotopic (exact) mass is 480 g/mol. The van der Waals surface area contributed by atoms with Crippen molar-refractivity contribution in [1.29, 1.82) is 0 Å². The van der Waals surface area contributed by atoms with Gasteiger partial charge < -0.3 is 10.8 Å². The van der Waals surface area contributed by atoms with Crippen LogP contribution in [0, 0.1) is 0 Å². The summed E-state index contributed by atoms with van der Waals surface area (Å²) < 4.78 is 54.9. The van der Waals surface area contributed by atoms with Crippen LogP contribution in [0.4, 0.5) is 0 Å². The molecule has 0 heterocycles. The zero-order valence-electron chi connectivity index (χ0n) is 17.3. The third-order valence-electron chi connectivity index (χ3n) is 4.74. The number of fused-ring (bicyclic) bond motifs is 3. The number of nitrogens with one attached hydrogen (secondary N) is 2. The standard InChI is InChI=1S/C20H24N4O6S2/c1-2-7-23-31(27,28)13-3-5-15-16-6-4-14(32(29,30)24-8-9-25)11-18(16)20(17(15)10-13)22-12-19(21)26/h3-6,10-11,23-25H,2,7-9,12H2,1H3,(H2,21,26). The van der Waals surface area contributed by atoms with Crippen LogP contribution in [0.3, 0.4) is 0 Å². The highest BCUT2D eigenvalue weighted by Crippen LogP contribution is 2.39. The number of rotatable bonds is 10. The van der Waals surface area contributed by atoms with Gasteiger partial charge in [0.2, 0.25) is 26.0 Å². The number of carbonyl (C=O) groups is 1. The Kier molecular flexibility index (Phi) is 7.10. The lowest BCUT2D eigenvalue weighted by Crippen LogP contribution is -2.26. The zero-order valence-corrected chi connectivity index (χ0v) is 19.0. The zero-order chi connectivity index (χ0) is 23.5. The lowest BCUT2D eigenvalue weighted by atomic mass is 10.1. The lowest BCUT2D eigenvalue weighted by molar-refractivity contribution is -0.116. The first-order chi connectivity index (χ1) is 15.1. The first kappa shape index (κ1) is 24.0. The van der Waals surface area contributed by atoms with Crippen LogP contribution in [0.1, 0.15) is 24.5 Å². The van der Waals surface area contributed by atoms with Crippen LogP contribution in [0.5, 0.6) is 0 Å². The van der Waals surface area contributed by atoms with E-state index in [1.54, 1.807) is 12.1 Å². The number of carbonyl (C=O) groups excluding carboxylic acids is 1. The van der Waals surface area contributed by atoms with Gasteiger partial charge in [0.25, 0.3) is 0 Å². The van der Waals surface area contributed by atoms with Crippen molar-refractivity contribution in [2.45, 2.75) is 23.1 Å². The molecule has 0 bridgehead atoms. The SMILES string of the molecule is CCCNS(=O)(=O)c1ccc2c(c1)C(=NCC(N)=O)c1cc(S(=O)(=O)NCCO)ccc1-2. The molecule has 0 spiro atoms. The number of aliphatic imine (C=N–C) groups is 1. The van der Waals surface area contributed by atoms with Crippen molar-refractivity contribution in [2.24, 2.45) is 10.7 Å². The van der Waals surface area contributed by atoms with Gasteiger partial charge in [-0.2, -0.15) is 0 Å². The predicted octanol–water partition coefficient (Wildman–Crippen LogP) is -0.0514. The van der Waals surface area contributed by atoms with E-state index in [9.17, 15) is 21.6 Å². The second kappa shape index (κ2) is 9.46. The second-order valence-electron chi connectivity index (χ2n) is 7.07. The second-order valence-corrected chi connectivity index (χ2v) is 10.6. The van der Waals surface area contributed by atoms with E-state index in [1.807, 2.05) is 6.92 Å². The molecule has 0 aromatic heterocycles. The van der Waals surface area contributed by atoms with Gasteiger partial charge in [0.1, 0.15) is 6.54 Å². The molecule has 0 atom stereocenters. The van der Waals surface area contributed by atoms with E-state index >= 15 is 0 Å². The smallest absolute Gasteiger partial charge is 0.240 e. The van der Waals surface area contributed by atoms with Gasteiger partial charge >= 0.3 is 0 Å². The highest BCUT2D eigenvalue weighted by molar-refractivity contribution is 7.89. The molecule has 32 heavy (non-hydrogen) atoms. The minimum Gasteiger partial charge on any atom is -0.395 e. The van der Waals surface area contributed by atoms with Gasteiger partial charge in [-0.05, 0) is 41.8 Å². The number of aliphatic hydroxyl groups is 1. The van der Waals surface area contributed by atoms with Gasteiger partial charge in [0, 0.05) is 24.2 Å². The minimum atomic E-state index is -3.89. The van der Waals surface area contributed by atoms with Gasteiger partial charge in [0.05, 0.1) is 22.1 Å². The molecular weight excluding hydrogens is 456 g/mol. The predicted molar refractivity (Wildman–Crippen MR) is 119 cm³/mol. The molecule has 1 amide bonds. The summed E-state index contributed by atoms with van der Waals surface area (Å²) in [4.78, 5) is 15.6. The Morgan fingerprint density at radius 3 is 1.84 bits per heavy atom. The first-order valence-electron chi connectivity index (χ1n) is 9.83. The number of amides is 1. The third kappa shape index (κ3) is 4.89. The molecule has 2 aromatic rings. The van der Waals surface area contributed by atoms with Crippen LogP contribution in [0.25, 0.3) is 11.1 Å². The van der Waals surface area contributed by atoms with E-state index in [0.717, 1.165) is 0 Å². The number of nitrogens with zero attached hydrogens (tertiary/aromatic N) is 1. The van der Waals surface area contributed by atoms with Crippen LogP contribution in [0.2, 0.25) is 0 Å². The number of nitrogens with two attached hydrogens (primary N) is 1. The summed E-state index contributed by atoms with van der Waals surface area (Å²) in [7, 11) is -7.64. The molecule has 2 aromatic carbocycles. The van der Waals surface area contributed by atoms with E-state index in [0.29, 0.717) is 28.7 Å². The molecule has 0 saturated heterocycles. The molecule has 0 fully saturated rings. The van der Waals surface area contributed by atoms with Gasteiger partial charge in [-0.1, -0.05) is 19.1 Å². The van der Waals surface area contributed by atoms with E-state index in [4.69, 9.17) is 10.8 Å². The number of benzene rings is 2. The average molecular weight is 481 g/mol. The molecule has 1 aliphatic rings. The molecule has 5 N–H and O–H groups in total. The summed E-state index contributed by atoms with van der Waals surface area (Å²) in [6.45, 7) is 1.28. The van der Waals surface area contributed by atoms with Gasteiger partial charge in [-0.25, -0.2) is 26.3 Å². The van der Waals surface area contributed by atoms with Crippen molar-refractivity contribution in [1.82, 2.24) is 9.44 Å². The Balaban J connectivity index is 2.14. The lowest BCUT2D eigenvalue weighted by Gasteiger charge is -2.08. The molecule has 0 aliphatic heterocycles. The average Bonchev–Trinajstić information content (AvgIpc) is 3.07. The van der Waals surface area contributed by atoms with Crippen LogP contribution < -0.4 is 15.2 Å². The summed E-state index contributed by atoms with van der Waals surface area (Å²) >= 11 is 0. The topological polar surface area (TPSA) is 168 Å². The largest absolute Gasteiger partial charge is 0.395 e. The summed E-state index contributed by atoms with van der Waals surface area (Å²) in [5.74, 6) is -0.686. The molecule has 0 radical (unpaired) electrons. The van der Waals surface area contributed by atoms with Gasteiger partial charge in [0.15, 0.2) is 0 Å². The third-order valence-corrected chi connectivity index (χ3v) is 7.66. The van der Waals surface area contributed by atoms with Crippen LogP contribution in [-0.4, -0.2) is 59.8 Å². The van der Waals surface area contributed by atoms with E-state index < -0.39 is 26.0 Å². The molecule has 3 rings (SSSR count). The fourth-order valence-corrected chi connectivity index (χ4v) is 5.50. The number of primary amides is 1. The van der Waals surface area contributed by atoms with E-state index in [2.05, 4.69) is 14.4 Å². The summed E-state index contributed by atoms with van der Waals surface area (Å²) in [5.41, 5.74) is 7.71. The van der Waals surface area contributed by atoms with E-state index in [-0.39, 0.29) is 41.7 Å². The van der Waals surface area contributed by atoms with Crippen molar-refractivity contribution in [3.05, 3.63) is 47.5 Å². The Bertz CT molecular complexity index is 1200. The fourth-order valence-electron chi connectivity index (χ4n) is 3.30. The molecule has 12 heteroatoms. The molecule has 10 nitrogen and oxygen atoms in total. The highest BCUT2D eigenvalue weighted by atomic mass is 32.2. The van der Waals surface area contributed by atoms with E-state index in [1.165, 1.54) is 24.3 Å². The van der Waals surface area contributed by atoms with Gasteiger partial charge in [-0.15, -0.1) is 0 Å². The van der Waals surface area contributed by atoms with Crippen molar-refractivity contribution in [3.8, 4) is 11.1 Å². The summed E-state index contributed by atoms with van der Waals surface area (Å²) in [6, 6.07) is 8.94. The number of aliphatic hydroxyl groups excluding tert-OH is 1. The number of hydrogen-bond acceptors (Lipinski definition) is 7. The maximum atomic E-state index is 12.6. The summed E-state index contributed by atoms with van der Waals surface area (Å²) in [6.07, 6.45) is 0.627. The Labute approximate surface area is 186 Å². The fraction of sp³-hybridized carbons (Fsp3) is 0.300. The van der Waals surface area contributed by atoms with Crippen molar-refractivity contribution >= 4 is 31.7 Å². The van der Waals surface area contributed by atoms with Crippen molar-refractivity contribution in [2.75, 3.05) is 26.2 Å². The van der Waals surface area contributed by atoms with Crippen molar-refractivity contribution < 1.29 is 26.7 Å².